The van der Waals surface area contributed by atoms with E-state index in [4.69, 9.17) is 4.74 Å². The van der Waals surface area contributed by atoms with Gasteiger partial charge >= 0.3 is 5.97 Å². The number of likely N-dealkylation sites (N-methyl/N-ethyl adjacent to an activating group) is 1. The van der Waals surface area contributed by atoms with Crippen LogP contribution in [0, 0.1) is 6.92 Å². The highest BCUT2D eigenvalue weighted by molar-refractivity contribution is 5.76. The van der Waals surface area contributed by atoms with E-state index in [9.17, 15) is 4.79 Å². The van der Waals surface area contributed by atoms with Gasteiger partial charge in [-0.05, 0) is 26.0 Å². The topological polar surface area (TPSA) is 38.3 Å². The van der Waals surface area contributed by atoms with Crippen molar-refractivity contribution in [3.63, 3.8) is 0 Å². The van der Waals surface area contributed by atoms with Gasteiger partial charge in [-0.1, -0.05) is 29.8 Å². The monoisotopic (exact) mass is 207 g/mol. The fourth-order valence-electron chi connectivity index (χ4n) is 1.52. The van der Waals surface area contributed by atoms with Gasteiger partial charge in [0.2, 0.25) is 0 Å². The molecule has 1 atom stereocenters. The summed E-state index contributed by atoms with van der Waals surface area (Å²) in [5.74, 6) is -0.223. The number of ether oxygens (including phenoxy) is 1. The fourth-order valence-corrected chi connectivity index (χ4v) is 1.52. The summed E-state index contributed by atoms with van der Waals surface area (Å²) in [6, 6.07) is 7.86. The Bertz CT molecular complexity index is 336. The molecule has 0 saturated carbocycles. The van der Waals surface area contributed by atoms with Crippen LogP contribution in [0.2, 0.25) is 0 Å². The molecule has 0 aliphatic heterocycles. The maximum Gasteiger partial charge on any atom is 0.323 e. The molecule has 0 radical (unpaired) electrons. The minimum absolute atomic E-state index is 0.223. The van der Waals surface area contributed by atoms with Gasteiger partial charge in [-0.3, -0.25) is 4.79 Å². The summed E-state index contributed by atoms with van der Waals surface area (Å²) in [4.78, 5) is 11.3. The molecular formula is C12H17NO2. The van der Waals surface area contributed by atoms with Crippen molar-refractivity contribution < 1.29 is 9.53 Å². The number of rotatable bonds is 4. The van der Waals surface area contributed by atoms with Crippen molar-refractivity contribution in [3.8, 4) is 0 Å². The number of hydrogen-bond acceptors (Lipinski definition) is 3. The lowest BCUT2D eigenvalue weighted by atomic mass is 10.0. The first kappa shape index (κ1) is 11.7. The minimum atomic E-state index is -0.267. The Morgan fingerprint density at radius 3 is 2.80 bits per heavy atom. The lowest BCUT2D eigenvalue weighted by Gasteiger charge is -2.13. The summed E-state index contributed by atoms with van der Waals surface area (Å²) in [6.07, 6.45) is 0.658. The van der Waals surface area contributed by atoms with Crippen LogP contribution in [0.4, 0.5) is 0 Å². The second-order valence-electron chi connectivity index (χ2n) is 3.56. The lowest BCUT2D eigenvalue weighted by molar-refractivity contribution is -0.142. The van der Waals surface area contributed by atoms with Crippen LogP contribution in [0.1, 0.15) is 11.1 Å². The number of methoxy groups -OCH3 is 1. The Labute approximate surface area is 90.4 Å². The molecule has 0 amide bonds. The van der Waals surface area contributed by atoms with E-state index in [1.54, 1.807) is 7.05 Å². The molecule has 0 aromatic heterocycles. The van der Waals surface area contributed by atoms with E-state index < -0.39 is 0 Å². The molecule has 0 bridgehead atoms. The molecule has 0 fully saturated rings. The van der Waals surface area contributed by atoms with Crippen LogP contribution in [0.5, 0.6) is 0 Å². The first-order chi connectivity index (χ1) is 7.17. The highest BCUT2D eigenvalue weighted by Crippen LogP contribution is 2.07. The summed E-state index contributed by atoms with van der Waals surface area (Å²) >= 11 is 0. The molecule has 0 saturated heterocycles. The van der Waals surface area contributed by atoms with Crippen LogP contribution in [0.3, 0.4) is 0 Å². The Kier molecular flexibility index (Phi) is 4.31. The highest BCUT2D eigenvalue weighted by Gasteiger charge is 2.16. The Morgan fingerprint density at radius 1 is 1.53 bits per heavy atom. The van der Waals surface area contributed by atoms with Gasteiger partial charge < -0.3 is 10.1 Å². The predicted molar refractivity (Wildman–Crippen MR) is 59.7 cm³/mol. The van der Waals surface area contributed by atoms with Gasteiger partial charge in [0.1, 0.15) is 6.04 Å². The van der Waals surface area contributed by atoms with Crippen LogP contribution >= 0.6 is 0 Å². The zero-order valence-corrected chi connectivity index (χ0v) is 9.41. The fraction of sp³-hybridized carbons (Fsp3) is 0.417. The zero-order valence-electron chi connectivity index (χ0n) is 9.41. The predicted octanol–water partition coefficient (Wildman–Crippen LogP) is 1.30. The van der Waals surface area contributed by atoms with E-state index in [-0.39, 0.29) is 12.0 Å². The first-order valence-corrected chi connectivity index (χ1v) is 4.98. The number of aryl methyl sites for hydroxylation is 1. The van der Waals surface area contributed by atoms with Crippen LogP contribution in [0.15, 0.2) is 24.3 Å². The van der Waals surface area contributed by atoms with Crippen molar-refractivity contribution in [2.75, 3.05) is 14.2 Å². The van der Waals surface area contributed by atoms with Crippen molar-refractivity contribution in [1.82, 2.24) is 5.32 Å². The molecule has 0 aliphatic rings. The number of nitrogens with one attached hydrogen (secondary N) is 1. The molecule has 15 heavy (non-hydrogen) atoms. The second kappa shape index (κ2) is 5.51. The van der Waals surface area contributed by atoms with Crippen LogP contribution in [-0.4, -0.2) is 26.2 Å². The van der Waals surface area contributed by atoms with Gasteiger partial charge in [-0.15, -0.1) is 0 Å². The SMILES string of the molecule is CN[C@@H](Cc1cccc(C)c1)C(=O)OC. The number of carbonyl (C=O) groups is 1. The van der Waals surface area contributed by atoms with E-state index in [0.717, 1.165) is 5.56 Å². The van der Waals surface area contributed by atoms with Gasteiger partial charge in [0.05, 0.1) is 7.11 Å². The van der Waals surface area contributed by atoms with E-state index in [2.05, 4.69) is 11.4 Å². The lowest BCUT2D eigenvalue weighted by Crippen LogP contribution is -2.36. The molecule has 1 N–H and O–H groups in total. The summed E-state index contributed by atoms with van der Waals surface area (Å²) in [7, 11) is 3.17. The standard InChI is InChI=1S/C12H17NO2/c1-9-5-4-6-10(7-9)8-11(13-2)12(14)15-3/h4-7,11,13H,8H2,1-3H3/t11-/m0/s1. The van der Waals surface area contributed by atoms with Crippen molar-refractivity contribution in [2.24, 2.45) is 0 Å². The molecule has 1 rings (SSSR count). The summed E-state index contributed by atoms with van der Waals surface area (Å²) in [5, 5.41) is 2.95. The molecule has 3 nitrogen and oxygen atoms in total. The maximum absolute atomic E-state index is 11.3. The Morgan fingerprint density at radius 2 is 2.27 bits per heavy atom. The van der Waals surface area contributed by atoms with Crippen molar-refractivity contribution in [1.29, 1.82) is 0 Å². The minimum Gasteiger partial charge on any atom is -0.468 e. The third kappa shape index (κ3) is 3.36. The smallest absolute Gasteiger partial charge is 0.323 e. The summed E-state index contributed by atoms with van der Waals surface area (Å²) in [5.41, 5.74) is 2.34. The van der Waals surface area contributed by atoms with Gasteiger partial charge in [0.25, 0.3) is 0 Å². The molecule has 82 valence electrons. The first-order valence-electron chi connectivity index (χ1n) is 4.98. The van der Waals surface area contributed by atoms with E-state index in [1.807, 2.05) is 25.1 Å². The second-order valence-corrected chi connectivity index (χ2v) is 3.56. The summed E-state index contributed by atoms with van der Waals surface area (Å²) in [6.45, 7) is 2.04. The van der Waals surface area contributed by atoms with E-state index >= 15 is 0 Å². The molecule has 1 aromatic carbocycles. The van der Waals surface area contributed by atoms with Crippen molar-refractivity contribution in [2.45, 2.75) is 19.4 Å². The highest BCUT2D eigenvalue weighted by atomic mass is 16.5. The molecular weight excluding hydrogens is 190 g/mol. The van der Waals surface area contributed by atoms with Gasteiger partial charge in [-0.2, -0.15) is 0 Å². The molecule has 0 heterocycles. The van der Waals surface area contributed by atoms with Crippen molar-refractivity contribution in [3.05, 3.63) is 35.4 Å². The molecule has 1 aromatic rings. The molecule has 0 spiro atoms. The molecule has 0 aliphatic carbocycles. The van der Waals surface area contributed by atoms with E-state index in [0.29, 0.717) is 6.42 Å². The number of hydrogen-bond donors (Lipinski definition) is 1. The van der Waals surface area contributed by atoms with Gasteiger partial charge in [0.15, 0.2) is 0 Å². The molecule has 0 unspecified atom stereocenters. The molecule has 3 heteroatoms. The number of esters is 1. The number of carbonyl (C=O) groups excluding carboxylic acids is 1. The average Bonchev–Trinajstić information content (AvgIpc) is 2.25. The van der Waals surface area contributed by atoms with Crippen LogP contribution in [-0.2, 0) is 16.0 Å². The third-order valence-corrected chi connectivity index (χ3v) is 2.36. The van der Waals surface area contributed by atoms with E-state index in [1.165, 1.54) is 12.7 Å². The van der Waals surface area contributed by atoms with Crippen LogP contribution in [0.25, 0.3) is 0 Å². The third-order valence-electron chi connectivity index (χ3n) is 2.36. The average molecular weight is 207 g/mol. The normalized spacial score (nSPS) is 12.2. The largest absolute Gasteiger partial charge is 0.468 e. The van der Waals surface area contributed by atoms with Gasteiger partial charge in [-0.25, -0.2) is 0 Å². The maximum atomic E-state index is 11.3. The van der Waals surface area contributed by atoms with Crippen LogP contribution < -0.4 is 5.32 Å². The van der Waals surface area contributed by atoms with Gasteiger partial charge in [0, 0.05) is 0 Å². The van der Waals surface area contributed by atoms with Crippen molar-refractivity contribution >= 4 is 5.97 Å². The Balaban J connectivity index is 2.70. The zero-order chi connectivity index (χ0) is 11.3. The number of benzene rings is 1. The quantitative estimate of drug-likeness (QED) is 0.756. The Hall–Kier alpha value is -1.35. The summed E-state index contributed by atoms with van der Waals surface area (Å²) < 4.78 is 4.70.